The van der Waals surface area contributed by atoms with Crippen LogP contribution in [0, 0.1) is 23.0 Å². The first-order chi connectivity index (χ1) is 11.1. The van der Waals surface area contributed by atoms with Crippen LogP contribution in [0.4, 0.5) is 19.3 Å². The molecule has 0 saturated heterocycles. The molecule has 1 N–H and O–H groups in total. The van der Waals surface area contributed by atoms with Gasteiger partial charge in [-0.15, -0.1) is 0 Å². The number of benzene rings is 2. The number of hydrogen-bond acceptors (Lipinski definition) is 2. The second-order valence-electron chi connectivity index (χ2n) is 4.87. The molecule has 0 spiro atoms. The van der Waals surface area contributed by atoms with Crippen LogP contribution in [0.2, 0.25) is 0 Å². The summed E-state index contributed by atoms with van der Waals surface area (Å²) >= 11 is 0. The Morgan fingerprint density at radius 2 is 1.91 bits per heavy atom. The maximum absolute atomic E-state index is 13.6. The minimum Gasteiger partial charge on any atom is -0.319 e. The molecule has 0 saturated carbocycles. The Labute approximate surface area is 133 Å². The van der Waals surface area contributed by atoms with Gasteiger partial charge in [-0.1, -0.05) is 30.3 Å². The molecule has 0 aliphatic carbocycles. The Morgan fingerprint density at radius 1 is 1.17 bits per heavy atom. The molecule has 0 aliphatic rings. The van der Waals surface area contributed by atoms with Gasteiger partial charge in [0.1, 0.15) is 11.6 Å². The van der Waals surface area contributed by atoms with Gasteiger partial charge >= 0.3 is 6.03 Å². The van der Waals surface area contributed by atoms with E-state index >= 15 is 0 Å². The van der Waals surface area contributed by atoms with E-state index in [4.69, 9.17) is 5.26 Å². The van der Waals surface area contributed by atoms with Crippen LogP contribution in [0.3, 0.4) is 0 Å². The van der Waals surface area contributed by atoms with Crippen LogP contribution in [0.25, 0.3) is 0 Å². The molecule has 2 amide bonds. The average molecular weight is 315 g/mol. The van der Waals surface area contributed by atoms with Crippen LogP contribution >= 0.6 is 0 Å². The molecule has 0 aromatic heterocycles. The van der Waals surface area contributed by atoms with E-state index < -0.39 is 17.7 Å². The lowest BCUT2D eigenvalue weighted by Crippen LogP contribution is -2.35. The lowest BCUT2D eigenvalue weighted by Gasteiger charge is -2.22. The van der Waals surface area contributed by atoms with Gasteiger partial charge in [0.2, 0.25) is 0 Å². The van der Waals surface area contributed by atoms with E-state index in [1.165, 1.54) is 4.90 Å². The summed E-state index contributed by atoms with van der Waals surface area (Å²) < 4.78 is 26.8. The highest BCUT2D eigenvalue weighted by Crippen LogP contribution is 2.16. The SMILES string of the molecule is N#CCCN(Cc1ccccc1)C(=O)Nc1cc(F)ccc1F. The maximum atomic E-state index is 13.6. The Kier molecular flexibility index (Phi) is 5.64. The molecular weight excluding hydrogens is 300 g/mol. The third kappa shape index (κ3) is 4.78. The fraction of sp³-hybridized carbons (Fsp3) is 0.176. The van der Waals surface area contributed by atoms with E-state index in [9.17, 15) is 13.6 Å². The molecule has 0 fully saturated rings. The van der Waals surface area contributed by atoms with Crippen LogP contribution < -0.4 is 5.32 Å². The van der Waals surface area contributed by atoms with E-state index in [0.29, 0.717) is 0 Å². The molecule has 0 heterocycles. The van der Waals surface area contributed by atoms with Crippen molar-refractivity contribution in [2.75, 3.05) is 11.9 Å². The fourth-order valence-electron chi connectivity index (χ4n) is 2.03. The van der Waals surface area contributed by atoms with Gasteiger partial charge < -0.3 is 10.2 Å². The van der Waals surface area contributed by atoms with Gasteiger partial charge in [0.25, 0.3) is 0 Å². The van der Waals surface area contributed by atoms with Crippen molar-refractivity contribution in [3.8, 4) is 6.07 Å². The van der Waals surface area contributed by atoms with Crippen molar-refractivity contribution in [1.82, 2.24) is 4.90 Å². The largest absolute Gasteiger partial charge is 0.322 e. The summed E-state index contributed by atoms with van der Waals surface area (Å²) in [5, 5.41) is 11.1. The summed E-state index contributed by atoms with van der Waals surface area (Å²) in [4.78, 5) is 13.7. The van der Waals surface area contributed by atoms with Crippen LogP contribution in [0.1, 0.15) is 12.0 Å². The van der Waals surface area contributed by atoms with Crippen LogP contribution in [-0.2, 0) is 6.54 Å². The summed E-state index contributed by atoms with van der Waals surface area (Å²) in [5.74, 6) is -1.37. The number of rotatable bonds is 5. The smallest absolute Gasteiger partial charge is 0.319 e. The van der Waals surface area contributed by atoms with Gasteiger partial charge in [0, 0.05) is 19.2 Å². The number of anilines is 1. The van der Waals surface area contributed by atoms with Crippen LogP contribution in [0.15, 0.2) is 48.5 Å². The molecule has 0 aliphatic heterocycles. The Bertz CT molecular complexity index is 714. The van der Waals surface area contributed by atoms with Crippen molar-refractivity contribution in [2.24, 2.45) is 0 Å². The molecule has 0 radical (unpaired) electrons. The van der Waals surface area contributed by atoms with Gasteiger partial charge in [-0.3, -0.25) is 0 Å². The second-order valence-corrected chi connectivity index (χ2v) is 4.87. The predicted molar refractivity (Wildman–Crippen MR) is 82.5 cm³/mol. The summed E-state index contributed by atoms with van der Waals surface area (Å²) in [6.45, 7) is 0.458. The van der Waals surface area contributed by atoms with E-state index in [-0.39, 0.29) is 25.2 Å². The van der Waals surface area contributed by atoms with Crippen LogP contribution in [0.5, 0.6) is 0 Å². The summed E-state index contributed by atoms with van der Waals surface area (Å²) in [5.41, 5.74) is 0.644. The molecule has 2 rings (SSSR count). The number of hydrogen-bond donors (Lipinski definition) is 1. The van der Waals surface area contributed by atoms with E-state index in [0.717, 1.165) is 23.8 Å². The van der Waals surface area contributed by atoms with E-state index in [2.05, 4.69) is 5.32 Å². The highest BCUT2D eigenvalue weighted by atomic mass is 19.1. The molecule has 118 valence electrons. The highest BCUT2D eigenvalue weighted by molar-refractivity contribution is 5.89. The van der Waals surface area contributed by atoms with E-state index in [1.807, 2.05) is 36.4 Å². The number of carbonyl (C=O) groups excluding carboxylic acids is 1. The molecule has 6 heteroatoms. The normalized spacial score (nSPS) is 9.96. The van der Waals surface area contributed by atoms with Crippen molar-refractivity contribution in [2.45, 2.75) is 13.0 Å². The quantitative estimate of drug-likeness (QED) is 0.909. The molecule has 4 nitrogen and oxygen atoms in total. The molecule has 2 aromatic rings. The fourth-order valence-corrected chi connectivity index (χ4v) is 2.03. The lowest BCUT2D eigenvalue weighted by molar-refractivity contribution is 0.210. The molecule has 23 heavy (non-hydrogen) atoms. The molecule has 0 unspecified atom stereocenters. The Hall–Kier alpha value is -2.94. The minimum absolute atomic E-state index is 0.145. The maximum Gasteiger partial charge on any atom is 0.322 e. The van der Waals surface area contributed by atoms with Crippen molar-refractivity contribution in [3.63, 3.8) is 0 Å². The van der Waals surface area contributed by atoms with Crippen molar-refractivity contribution in [3.05, 3.63) is 65.7 Å². The highest BCUT2D eigenvalue weighted by Gasteiger charge is 2.16. The first-order valence-electron chi connectivity index (χ1n) is 7.02. The summed E-state index contributed by atoms with van der Waals surface area (Å²) in [6, 6.07) is 13.4. The van der Waals surface area contributed by atoms with Gasteiger partial charge in [-0.25, -0.2) is 13.6 Å². The first kappa shape index (κ1) is 16.4. The Morgan fingerprint density at radius 3 is 2.61 bits per heavy atom. The lowest BCUT2D eigenvalue weighted by atomic mass is 10.2. The summed E-state index contributed by atoms with van der Waals surface area (Å²) in [7, 11) is 0. The molecular formula is C17H15F2N3O. The number of nitrogens with one attached hydrogen (secondary N) is 1. The zero-order valence-corrected chi connectivity index (χ0v) is 12.3. The van der Waals surface area contributed by atoms with Gasteiger partial charge in [-0.2, -0.15) is 5.26 Å². The monoisotopic (exact) mass is 315 g/mol. The third-order valence-corrected chi connectivity index (χ3v) is 3.17. The standard InChI is InChI=1S/C17H15F2N3O/c18-14-7-8-15(19)16(11-14)21-17(23)22(10-4-9-20)12-13-5-2-1-3-6-13/h1-3,5-8,11H,4,10,12H2,(H,21,23). The summed E-state index contributed by atoms with van der Waals surface area (Å²) in [6.07, 6.45) is 0.145. The number of urea groups is 1. The van der Waals surface area contributed by atoms with Gasteiger partial charge in [0.05, 0.1) is 18.2 Å². The van der Waals surface area contributed by atoms with Crippen molar-refractivity contribution >= 4 is 11.7 Å². The molecule has 0 atom stereocenters. The van der Waals surface area contributed by atoms with Crippen molar-refractivity contribution in [1.29, 1.82) is 5.26 Å². The Balaban J connectivity index is 2.13. The molecule has 0 bridgehead atoms. The number of nitrogens with zero attached hydrogens (tertiary/aromatic N) is 2. The number of halogens is 2. The average Bonchev–Trinajstić information content (AvgIpc) is 2.55. The van der Waals surface area contributed by atoms with Crippen molar-refractivity contribution < 1.29 is 13.6 Å². The zero-order chi connectivity index (χ0) is 16.7. The zero-order valence-electron chi connectivity index (χ0n) is 12.3. The van der Waals surface area contributed by atoms with Gasteiger partial charge in [0.15, 0.2) is 0 Å². The number of amides is 2. The second kappa shape index (κ2) is 7.90. The van der Waals surface area contributed by atoms with Crippen LogP contribution in [-0.4, -0.2) is 17.5 Å². The van der Waals surface area contributed by atoms with E-state index in [1.54, 1.807) is 0 Å². The van der Waals surface area contributed by atoms with Gasteiger partial charge in [-0.05, 0) is 17.7 Å². The minimum atomic E-state index is -0.723. The predicted octanol–water partition coefficient (Wildman–Crippen LogP) is 3.91. The topological polar surface area (TPSA) is 56.1 Å². The number of carbonyl (C=O) groups is 1. The number of nitriles is 1. The molecule has 2 aromatic carbocycles. The third-order valence-electron chi connectivity index (χ3n) is 3.17. The first-order valence-corrected chi connectivity index (χ1v) is 7.02.